The second-order valence-electron chi connectivity index (χ2n) is 7.45. The topological polar surface area (TPSA) is 71.8 Å². The Hall–Kier alpha value is -4.02. The zero-order valence-corrected chi connectivity index (χ0v) is 16.9. The summed E-state index contributed by atoms with van der Waals surface area (Å²) in [4.78, 5) is 20.7. The molecule has 0 spiro atoms. The minimum Gasteiger partial charge on any atom is -0.328 e. The van der Waals surface area contributed by atoms with Gasteiger partial charge in [-0.1, -0.05) is 84.9 Å². The maximum atomic E-state index is 12.8. The highest BCUT2D eigenvalue weighted by atomic mass is 16.1. The van der Waals surface area contributed by atoms with Crippen LogP contribution in [0.1, 0.15) is 5.56 Å². The summed E-state index contributed by atoms with van der Waals surface area (Å²) >= 11 is 0. The number of H-pyrrole nitrogens is 1. The van der Waals surface area contributed by atoms with Gasteiger partial charge in [-0.05, 0) is 22.8 Å². The van der Waals surface area contributed by atoms with E-state index in [2.05, 4.69) is 4.98 Å². The second kappa shape index (κ2) is 8.01. The van der Waals surface area contributed by atoms with Crippen LogP contribution in [-0.4, -0.2) is 9.97 Å². The lowest BCUT2D eigenvalue weighted by Crippen LogP contribution is -2.08. The highest BCUT2D eigenvalue weighted by Gasteiger charge is 2.16. The van der Waals surface area contributed by atoms with Crippen LogP contribution in [0.5, 0.6) is 0 Å². The van der Waals surface area contributed by atoms with Crippen LogP contribution in [-0.2, 0) is 6.54 Å². The number of hydrogen-bond acceptors (Lipinski definition) is 3. The molecule has 3 aromatic carbocycles. The first-order chi connectivity index (χ1) is 15.2. The molecule has 0 fully saturated rings. The lowest BCUT2D eigenvalue weighted by molar-refractivity contribution is 1.07. The molecule has 4 nitrogen and oxygen atoms in total. The van der Waals surface area contributed by atoms with Crippen LogP contribution in [0.15, 0.2) is 102 Å². The molecule has 3 N–H and O–H groups in total. The van der Waals surface area contributed by atoms with Crippen molar-refractivity contribution in [3.05, 3.63) is 113 Å². The molecular weight excluding hydrogens is 382 g/mol. The van der Waals surface area contributed by atoms with Gasteiger partial charge in [0.05, 0.1) is 16.6 Å². The zero-order valence-electron chi connectivity index (χ0n) is 16.9. The Labute approximate surface area is 180 Å². The van der Waals surface area contributed by atoms with Crippen molar-refractivity contribution < 1.29 is 0 Å². The molecule has 0 radical (unpaired) electrons. The van der Waals surface area contributed by atoms with E-state index in [-0.39, 0.29) is 5.56 Å². The van der Waals surface area contributed by atoms with E-state index in [9.17, 15) is 4.79 Å². The summed E-state index contributed by atoms with van der Waals surface area (Å²) in [7, 11) is 0. The first-order valence-electron chi connectivity index (χ1n) is 10.2. The standard InChI is InChI=1S/C27H21N3O/c28-16-18-11-13-21(14-12-18)25-22(19-7-3-1-4-8-19)15-23-26(30-25)24(17-29-27(23)31)20-9-5-2-6-10-20/h1-15,17H,16,28H2,(H,29,31). The van der Waals surface area contributed by atoms with Crippen LogP contribution in [0, 0.1) is 0 Å². The molecule has 0 aliphatic carbocycles. The van der Waals surface area contributed by atoms with Gasteiger partial charge >= 0.3 is 0 Å². The molecule has 0 atom stereocenters. The SMILES string of the molecule is NCc1ccc(-c2nc3c(-c4ccccc4)c[nH]c(=O)c3cc2-c2ccccc2)cc1. The second-order valence-corrected chi connectivity index (χ2v) is 7.45. The van der Waals surface area contributed by atoms with Gasteiger partial charge in [0.25, 0.3) is 5.56 Å². The number of fused-ring (bicyclic) bond motifs is 1. The molecule has 5 rings (SSSR count). The first kappa shape index (κ1) is 19.0. The minimum absolute atomic E-state index is 0.149. The van der Waals surface area contributed by atoms with Gasteiger partial charge in [-0.15, -0.1) is 0 Å². The number of benzene rings is 3. The fourth-order valence-corrected chi connectivity index (χ4v) is 3.87. The summed E-state index contributed by atoms with van der Waals surface area (Å²) in [6.07, 6.45) is 1.75. The summed E-state index contributed by atoms with van der Waals surface area (Å²) in [5.41, 5.74) is 13.0. The zero-order chi connectivity index (χ0) is 21.2. The van der Waals surface area contributed by atoms with E-state index >= 15 is 0 Å². The van der Waals surface area contributed by atoms with Crippen LogP contribution in [0.3, 0.4) is 0 Å². The average Bonchev–Trinajstić information content (AvgIpc) is 2.85. The van der Waals surface area contributed by atoms with E-state index in [0.717, 1.165) is 39.1 Å². The van der Waals surface area contributed by atoms with E-state index in [0.29, 0.717) is 17.4 Å². The summed E-state index contributed by atoms with van der Waals surface area (Å²) < 4.78 is 0. The van der Waals surface area contributed by atoms with Crippen LogP contribution in [0.4, 0.5) is 0 Å². The molecule has 0 saturated carbocycles. The number of aromatic amines is 1. The van der Waals surface area contributed by atoms with E-state index in [1.807, 2.05) is 91.0 Å². The maximum Gasteiger partial charge on any atom is 0.257 e. The fourth-order valence-electron chi connectivity index (χ4n) is 3.87. The van der Waals surface area contributed by atoms with E-state index in [1.54, 1.807) is 6.20 Å². The van der Waals surface area contributed by atoms with Crippen molar-refractivity contribution in [1.82, 2.24) is 9.97 Å². The van der Waals surface area contributed by atoms with Crippen LogP contribution < -0.4 is 11.3 Å². The highest BCUT2D eigenvalue weighted by Crippen LogP contribution is 2.35. The summed E-state index contributed by atoms with van der Waals surface area (Å²) in [5, 5.41) is 0.572. The van der Waals surface area contributed by atoms with Crippen molar-refractivity contribution in [3.8, 4) is 33.5 Å². The third kappa shape index (κ3) is 3.54. The van der Waals surface area contributed by atoms with Gasteiger partial charge in [0.2, 0.25) is 0 Å². The van der Waals surface area contributed by atoms with Crippen LogP contribution in [0.25, 0.3) is 44.4 Å². The van der Waals surface area contributed by atoms with Gasteiger partial charge in [-0.3, -0.25) is 4.79 Å². The number of nitrogens with one attached hydrogen (secondary N) is 1. The molecule has 0 aliphatic rings. The normalized spacial score (nSPS) is 11.0. The summed E-state index contributed by atoms with van der Waals surface area (Å²) in [6, 6.07) is 30.1. The molecule has 0 amide bonds. The van der Waals surface area contributed by atoms with Crippen molar-refractivity contribution in [2.75, 3.05) is 0 Å². The molecule has 0 aliphatic heterocycles. The highest BCUT2D eigenvalue weighted by molar-refractivity contribution is 5.98. The Kier molecular flexibility index (Phi) is 4.90. The molecule has 31 heavy (non-hydrogen) atoms. The van der Waals surface area contributed by atoms with Crippen molar-refractivity contribution in [1.29, 1.82) is 0 Å². The number of rotatable bonds is 4. The number of nitrogens with zero attached hydrogens (tertiary/aromatic N) is 1. The lowest BCUT2D eigenvalue weighted by atomic mass is 9.95. The van der Waals surface area contributed by atoms with Crippen LogP contribution in [0.2, 0.25) is 0 Å². The molecule has 0 unspecified atom stereocenters. The van der Waals surface area contributed by atoms with Gasteiger partial charge in [-0.25, -0.2) is 4.98 Å². The Morgan fingerprint density at radius 1 is 0.742 bits per heavy atom. The molecular formula is C27H21N3O. The van der Waals surface area contributed by atoms with Crippen molar-refractivity contribution in [2.24, 2.45) is 5.73 Å². The van der Waals surface area contributed by atoms with Gasteiger partial charge in [0.1, 0.15) is 0 Å². The van der Waals surface area contributed by atoms with E-state index in [1.165, 1.54) is 0 Å². The third-order valence-corrected chi connectivity index (χ3v) is 5.50. The van der Waals surface area contributed by atoms with E-state index in [4.69, 9.17) is 10.7 Å². The maximum absolute atomic E-state index is 12.8. The average molecular weight is 403 g/mol. The smallest absolute Gasteiger partial charge is 0.257 e. The first-order valence-corrected chi connectivity index (χ1v) is 10.2. The van der Waals surface area contributed by atoms with Crippen LogP contribution >= 0.6 is 0 Å². The molecule has 2 heterocycles. The number of aromatic nitrogens is 2. The third-order valence-electron chi connectivity index (χ3n) is 5.50. The predicted molar refractivity (Wildman–Crippen MR) is 127 cm³/mol. The monoisotopic (exact) mass is 403 g/mol. The molecule has 0 saturated heterocycles. The quantitative estimate of drug-likeness (QED) is 0.423. The summed E-state index contributed by atoms with van der Waals surface area (Å²) in [6.45, 7) is 0.491. The summed E-state index contributed by atoms with van der Waals surface area (Å²) in [5.74, 6) is 0. The Balaban J connectivity index is 1.84. The van der Waals surface area contributed by atoms with Crippen molar-refractivity contribution >= 4 is 10.9 Å². The Morgan fingerprint density at radius 3 is 1.97 bits per heavy atom. The molecule has 4 heteroatoms. The van der Waals surface area contributed by atoms with Gasteiger partial charge in [0, 0.05) is 29.4 Å². The van der Waals surface area contributed by atoms with E-state index < -0.39 is 0 Å². The largest absolute Gasteiger partial charge is 0.328 e. The number of nitrogens with two attached hydrogens (primary N) is 1. The Morgan fingerprint density at radius 2 is 1.35 bits per heavy atom. The van der Waals surface area contributed by atoms with Crippen molar-refractivity contribution in [3.63, 3.8) is 0 Å². The van der Waals surface area contributed by atoms with Gasteiger partial charge in [0.15, 0.2) is 0 Å². The Bertz CT molecular complexity index is 1410. The molecule has 2 aromatic heterocycles. The molecule has 150 valence electrons. The number of hydrogen-bond donors (Lipinski definition) is 2. The minimum atomic E-state index is -0.149. The van der Waals surface area contributed by atoms with Gasteiger partial charge < -0.3 is 10.7 Å². The van der Waals surface area contributed by atoms with Gasteiger partial charge in [-0.2, -0.15) is 0 Å². The fraction of sp³-hybridized carbons (Fsp3) is 0.0370. The molecule has 5 aromatic rings. The number of pyridine rings is 2. The predicted octanol–water partition coefficient (Wildman–Crippen LogP) is 5.38. The lowest BCUT2D eigenvalue weighted by Gasteiger charge is -2.14. The van der Waals surface area contributed by atoms with Crippen molar-refractivity contribution in [2.45, 2.75) is 6.54 Å². The molecule has 0 bridgehead atoms.